The Balaban J connectivity index is 2.17. The fraction of sp³-hybridized carbons (Fsp3) is 0.238. The number of carbonyl (C=O) groups excluding carboxylic acids is 2. The molecule has 1 heterocycles. The van der Waals surface area contributed by atoms with Crippen molar-refractivity contribution in [2.45, 2.75) is 32.9 Å². The second-order valence-corrected chi connectivity index (χ2v) is 8.30. The van der Waals surface area contributed by atoms with E-state index in [1.807, 2.05) is 39.8 Å². The third kappa shape index (κ3) is 3.54. The highest BCUT2D eigenvalue weighted by Crippen LogP contribution is 2.40. The number of hydrogen-bond acceptors (Lipinski definition) is 3. The van der Waals surface area contributed by atoms with E-state index < -0.39 is 23.4 Å². The minimum Gasteiger partial charge on any atom is -0.268 e. The van der Waals surface area contributed by atoms with Gasteiger partial charge in [0.25, 0.3) is 11.8 Å². The zero-order valence-electron chi connectivity index (χ0n) is 15.5. The third-order valence-corrected chi connectivity index (χ3v) is 5.43. The number of thioether (sulfide) groups is 1. The van der Waals surface area contributed by atoms with E-state index in [2.05, 4.69) is 0 Å². The van der Waals surface area contributed by atoms with E-state index in [-0.39, 0.29) is 21.4 Å². The Kier molecular flexibility index (Phi) is 5.20. The first kappa shape index (κ1) is 19.3. The first-order valence-corrected chi connectivity index (χ1v) is 9.41. The Morgan fingerprint density at radius 2 is 1.63 bits per heavy atom. The molecule has 0 atom stereocenters. The standard InChI is InChI=1S/C21H19F2NO2S/c1-11(2)27-19-18(14-6-5-12(3)13(4)9-14)20(25)24(21(19)26)17-10-15(22)7-8-16(17)23/h5-11H,1-4H3. The normalized spacial score (nSPS) is 14.7. The summed E-state index contributed by atoms with van der Waals surface area (Å²) in [6.45, 7) is 7.67. The summed E-state index contributed by atoms with van der Waals surface area (Å²) in [6.07, 6.45) is 0. The predicted octanol–water partition coefficient (Wildman–Crippen LogP) is 5.01. The molecular weight excluding hydrogens is 368 g/mol. The Morgan fingerprint density at radius 1 is 0.926 bits per heavy atom. The van der Waals surface area contributed by atoms with Crippen LogP contribution in [-0.4, -0.2) is 17.1 Å². The quantitative estimate of drug-likeness (QED) is 0.692. The molecule has 0 saturated carbocycles. The molecule has 0 bridgehead atoms. The second kappa shape index (κ2) is 7.27. The second-order valence-electron chi connectivity index (χ2n) is 6.71. The van der Waals surface area contributed by atoms with Gasteiger partial charge in [-0.3, -0.25) is 9.59 Å². The number of rotatable bonds is 4. The van der Waals surface area contributed by atoms with Crippen molar-refractivity contribution in [1.82, 2.24) is 0 Å². The van der Waals surface area contributed by atoms with E-state index in [4.69, 9.17) is 0 Å². The van der Waals surface area contributed by atoms with Crippen molar-refractivity contribution in [3.63, 3.8) is 0 Å². The molecular formula is C21H19F2NO2S. The van der Waals surface area contributed by atoms with Gasteiger partial charge in [-0.2, -0.15) is 0 Å². The number of aryl methyl sites for hydroxylation is 2. The van der Waals surface area contributed by atoms with Crippen LogP contribution in [0.3, 0.4) is 0 Å². The molecule has 3 nitrogen and oxygen atoms in total. The van der Waals surface area contributed by atoms with E-state index in [1.165, 1.54) is 11.8 Å². The number of benzene rings is 2. The van der Waals surface area contributed by atoms with Crippen LogP contribution in [0.2, 0.25) is 0 Å². The molecule has 0 saturated heterocycles. The lowest BCUT2D eigenvalue weighted by Gasteiger charge is -2.16. The molecule has 3 rings (SSSR count). The highest BCUT2D eigenvalue weighted by Gasteiger charge is 2.41. The van der Waals surface area contributed by atoms with Crippen LogP contribution >= 0.6 is 11.8 Å². The van der Waals surface area contributed by atoms with Crippen LogP contribution in [0.5, 0.6) is 0 Å². The molecule has 1 aliphatic heterocycles. The lowest BCUT2D eigenvalue weighted by atomic mass is 10.0. The van der Waals surface area contributed by atoms with Gasteiger partial charge in [-0.15, -0.1) is 11.8 Å². The molecule has 0 radical (unpaired) electrons. The molecule has 1 aliphatic rings. The first-order chi connectivity index (χ1) is 12.7. The fourth-order valence-electron chi connectivity index (χ4n) is 2.88. The van der Waals surface area contributed by atoms with Crippen molar-refractivity contribution in [2.24, 2.45) is 0 Å². The Morgan fingerprint density at radius 3 is 2.26 bits per heavy atom. The van der Waals surface area contributed by atoms with Crippen molar-refractivity contribution >= 4 is 34.8 Å². The maximum atomic E-state index is 14.3. The number of imide groups is 1. The summed E-state index contributed by atoms with van der Waals surface area (Å²) >= 11 is 1.25. The first-order valence-electron chi connectivity index (χ1n) is 8.53. The summed E-state index contributed by atoms with van der Waals surface area (Å²) in [5.74, 6) is -2.81. The average molecular weight is 387 g/mol. The molecule has 0 unspecified atom stereocenters. The summed E-state index contributed by atoms with van der Waals surface area (Å²) in [7, 11) is 0. The minimum absolute atomic E-state index is 0.0376. The van der Waals surface area contributed by atoms with Crippen LogP contribution in [0, 0.1) is 25.5 Å². The topological polar surface area (TPSA) is 37.4 Å². The van der Waals surface area contributed by atoms with Crippen molar-refractivity contribution in [2.75, 3.05) is 4.90 Å². The van der Waals surface area contributed by atoms with Gasteiger partial charge in [0.15, 0.2) is 0 Å². The highest BCUT2D eigenvalue weighted by atomic mass is 32.2. The molecule has 2 aromatic rings. The number of nitrogens with zero attached hydrogens (tertiary/aromatic N) is 1. The van der Waals surface area contributed by atoms with Gasteiger partial charge >= 0.3 is 0 Å². The van der Waals surface area contributed by atoms with Gasteiger partial charge in [-0.05, 0) is 42.7 Å². The van der Waals surface area contributed by atoms with Gasteiger partial charge in [-0.1, -0.05) is 32.0 Å². The third-order valence-electron chi connectivity index (χ3n) is 4.34. The van der Waals surface area contributed by atoms with Crippen LogP contribution in [0.4, 0.5) is 14.5 Å². The zero-order chi connectivity index (χ0) is 19.9. The van der Waals surface area contributed by atoms with E-state index >= 15 is 0 Å². The zero-order valence-corrected chi connectivity index (χ0v) is 16.3. The molecule has 2 aromatic carbocycles. The Bertz CT molecular complexity index is 982. The fourth-order valence-corrected chi connectivity index (χ4v) is 3.87. The van der Waals surface area contributed by atoms with Crippen molar-refractivity contribution < 1.29 is 18.4 Å². The van der Waals surface area contributed by atoms with Gasteiger partial charge in [0.05, 0.1) is 16.2 Å². The lowest BCUT2D eigenvalue weighted by Crippen LogP contribution is -2.32. The van der Waals surface area contributed by atoms with Gasteiger partial charge < -0.3 is 0 Å². The lowest BCUT2D eigenvalue weighted by molar-refractivity contribution is -0.119. The number of carbonyl (C=O) groups is 2. The van der Waals surface area contributed by atoms with E-state index in [0.717, 1.165) is 34.2 Å². The molecule has 2 amide bonds. The average Bonchev–Trinajstić information content (AvgIpc) is 2.83. The maximum absolute atomic E-state index is 14.3. The predicted molar refractivity (Wildman–Crippen MR) is 104 cm³/mol. The summed E-state index contributed by atoms with van der Waals surface area (Å²) in [4.78, 5) is 27.1. The Hall–Kier alpha value is -2.47. The molecule has 140 valence electrons. The van der Waals surface area contributed by atoms with E-state index in [1.54, 1.807) is 6.07 Å². The SMILES string of the molecule is Cc1ccc(C2=C(SC(C)C)C(=O)N(c3cc(F)ccc3F)C2=O)cc1C. The number of hydrogen-bond donors (Lipinski definition) is 0. The molecule has 0 spiro atoms. The minimum atomic E-state index is -0.826. The molecule has 0 aromatic heterocycles. The highest BCUT2D eigenvalue weighted by molar-refractivity contribution is 8.04. The number of anilines is 1. The van der Waals surface area contributed by atoms with E-state index in [9.17, 15) is 18.4 Å². The largest absolute Gasteiger partial charge is 0.272 e. The molecule has 0 fully saturated rings. The maximum Gasteiger partial charge on any atom is 0.272 e. The Labute approximate surface area is 161 Å². The van der Waals surface area contributed by atoms with Crippen LogP contribution in [-0.2, 0) is 9.59 Å². The monoisotopic (exact) mass is 387 g/mol. The van der Waals surface area contributed by atoms with E-state index in [0.29, 0.717) is 5.56 Å². The van der Waals surface area contributed by atoms with Gasteiger partial charge in [0.1, 0.15) is 11.6 Å². The molecule has 0 N–H and O–H groups in total. The van der Waals surface area contributed by atoms with Crippen molar-refractivity contribution in [3.05, 3.63) is 69.6 Å². The summed E-state index contributed by atoms with van der Waals surface area (Å²) in [6, 6.07) is 8.21. The summed E-state index contributed by atoms with van der Waals surface area (Å²) in [5.41, 5.74) is 2.49. The smallest absolute Gasteiger partial charge is 0.268 e. The number of halogens is 2. The van der Waals surface area contributed by atoms with Crippen LogP contribution in [0.15, 0.2) is 41.3 Å². The molecule has 0 aliphatic carbocycles. The van der Waals surface area contributed by atoms with Crippen LogP contribution in [0.25, 0.3) is 5.57 Å². The summed E-state index contributed by atoms with van der Waals surface area (Å²) < 4.78 is 27.9. The summed E-state index contributed by atoms with van der Waals surface area (Å²) in [5, 5.41) is 0.0376. The van der Waals surface area contributed by atoms with Crippen molar-refractivity contribution in [3.8, 4) is 0 Å². The van der Waals surface area contributed by atoms with Crippen LogP contribution < -0.4 is 4.90 Å². The van der Waals surface area contributed by atoms with Gasteiger partial charge in [0.2, 0.25) is 0 Å². The number of amides is 2. The molecule has 6 heteroatoms. The van der Waals surface area contributed by atoms with Gasteiger partial charge in [-0.25, -0.2) is 13.7 Å². The van der Waals surface area contributed by atoms with Crippen molar-refractivity contribution in [1.29, 1.82) is 0 Å². The van der Waals surface area contributed by atoms with Gasteiger partial charge in [0, 0.05) is 11.3 Å². The van der Waals surface area contributed by atoms with Crippen LogP contribution in [0.1, 0.15) is 30.5 Å². The molecule has 27 heavy (non-hydrogen) atoms.